The predicted molar refractivity (Wildman–Crippen MR) is 133 cm³/mol. The van der Waals surface area contributed by atoms with Crippen molar-refractivity contribution in [2.45, 2.75) is 33.7 Å². The molecule has 4 rings (SSSR count). The van der Waals surface area contributed by atoms with Crippen LogP contribution in [0.4, 0.5) is 6.01 Å². The first-order valence-corrected chi connectivity index (χ1v) is 14.0. The Balaban J connectivity index is 1.54. The van der Waals surface area contributed by atoms with Crippen LogP contribution in [0.25, 0.3) is 11.1 Å². The molecule has 0 radical (unpaired) electrons. The second-order valence-electron chi connectivity index (χ2n) is 9.25. The summed E-state index contributed by atoms with van der Waals surface area (Å²) in [5.41, 5.74) is 4.91. The maximum absolute atomic E-state index is 9.97. The van der Waals surface area contributed by atoms with Crippen LogP contribution >= 0.6 is 0 Å². The number of fused-ring (bicyclic) bond motifs is 1. The fourth-order valence-corrected chi connectivity index (χ4v) is 5.61. The number of aromatic nitrogens is 1. The summed E-state index contributed by atoms with van der Waals surface area (Å²) in [6, 6.07) is 13.0. The van der Waals surface area contributed by atoms with Crippen molar-refractivity contribution >= 4 is 26.5 Å². The zero-order valence-electron chi connectivity index (χ0n) is 21.0. The maximum atomic E-state index is 9.97. The summed E-state index contributed by atoms with van der Waals surface area (Å²) in [5, 5.41) is 13.3. The normalized spacial score (nSPS) is 15.8. The topological polar surface area (TPSA) is 83.0 Å². The van der Waals surface area contributed by atoms with Gasteiger partial charge in [-0.1, -0.05) is 0 Å². The van der Waals surface area contributed by atoms with Gasteiger partial charge in [0.1, 0.15) is 0 Å². The van der Waals surface area contributed by atoms with Crippen LogP contribution in [0.3, 0.4) is 0 Å². The third-order valence-corrected chi connectivity index (χ3v) is 8.41. The van der Waals surface area contributed by atoms with E-state index in [2.05, 4.69) is 61.3 Å². The van der Waals surface area contributed by atoms with Crippen LogP contribution in [0, 0.1) is 12.8 Å². The summed E-state index contributed by atoms with van der Waals surface area (Å²) in [7, 11) is 1.66. The predicted octanol–water partition coefficient (Wildman–Crippen LogP) is 3.13. The van der Waals surface area contributed by atoms with E-state index in [0.29, 0.717) is 68.2 Å². The van der Waals surface area contributed by atoms with Crippen LogP contribution in [0.15, 0.2) is 40.8 Å². The number of oxazole rings is 1. The van der Waals surface area contributed by atoms with Gasteiger partial charge in [-0.05, 0) is 0 Å². The summed E-state index contributed by atoms with van der Waals surface area (Å²) in [4.78, 5) is 7.12. The Hall–Kier alpha value is -2.15. The molecule has 0 amide bonds. The standard InChI is InChI=1S/C26H33N4O4.Cd/c1-18(2)16-29(8-9-30-10-11-33-26(30)31)17-21-13-22-24(23(14-21)32-4)34-25(28-22)27-15-20-7-5-6-19(3)12-20;/h5-7,10,12-14,18,26,31H,8-9,11,15-16H2,1-4H3,(H,27,28);/q+1;. The summed E-state index contributed by atoms with van der Waals surface area (Å²) in [6.45, 7) is 10.0. The number of ether oxygens (including phenoxy) is 2. The number of aliphatic hydroxyl groups excluding tert-OH is 1. The molecular formula is C26H33CdN4O4+. The molecule has 35 heavy (non-hydrogen) atoms. The average molecular weight is 578 g/mol. The van der Waals surface area contributed by atoms with Crippen molar-refractivity contribution in [3.8, 4) is 5.75 Å². The molecule has 1 unspecified atom stereocenters. The summed E-state index contributed by atoms with van der Waals surface area (Å²) < 4.78 is 20.1. The SMILES string of the molecule is COc1cc([C](=[Cd])N(CC[N+]2=CCOC2O)CC(C)C)cc2nc(NCc3cccc(C)c3)oc12. The van der Waals surface area contributed by atoms with Crippen molar-refractivity contribution in [1.29, 1.82) is 0 Å². The number of nitrogens with zero attached hydrogens (tertiary/aromatic N) is 3. The molecule has 3 aromatic rings. The van der Waals surface area contributed by atoms with Gasteiger partial charge in [0.2, 0.25) is 0 Å². The van der Waals surface area contributed by atoms with E-state index in [1.807, 2.05) is 16.9 Å². The third kappa shape index (κ3) is 6.55. The molecule has 0 spiro atoms. The minimum atomic E-state index is -0.853. The first kappa shape index (κ1) is 25.9. The molecule has 1 aromatic heterocycles. The average Bonchev–Trinajstić information content (AvgIpc) is 3.44. The summed E-state index contributed by atoms with van der Waals surface area (Å²) >= 11 is 0.563. The number of aryl methyl sites for hydroxylation is 1. The Bertz CT molecular complexity index is 1220. The third-order valence-electron chi connectivity index (χ3n) is 5.97. The second-order valence-corrected chi connectivity index (χ2v) is 11.2. The van der Waals surface area contributed by atoms with E-state index in [9.17, 15) is 5.11 Å². The van der Waals surface area contributed by atoms with Crippen LogP contribution < -0.4 is 10.1 Å². The summed E-state index contributed by atoms with van der Waals surface area (Å²) in [6.07, 6.45) is 1.05. The molecule has 0 bridgehead atoms. The van der Waals surface area contributed by atoms with Gasteiger partial charge in [-0.25, -0.2) is 0 Å². The first-order valence-electron chi connectivity index (χ1n) is 11.9. The van der Waals surface area contributed by atoms with E-state index in [-0.39, 0.29) is 0 Å². The fourth-order valence-electron chi connectivity index (χ4n) is 4.20. The van der Waals surface area contributed by atoms with Crippen molar-refractivity contribution in [3.05, 3.63) is 53.1 Å². The molecule has 2 heterocycles. The Morgan fingerprint density at radius 3 is 2.86 bits per heavy atom. The van der Waals surface area contributed by atoms with E-state index >= 15 is 0 Å². The van der Waals surface area contributed by atoms with Gasteiger partial charge in [0.25, 0.3) is 0 Å². The van der Waals surface area contributed by atoms with E-state index in [1.165, 1.54) is 14.3 Å². The molecule has 182 valence electrons. The molecule has 1 aliphatic rings. The molecule has 1 aliphatic heterocycles. The fraction of sp³-hybridized carbons (Fsp3) is 0.423. The molecule has 9 heteroatoms. The van der Waals surface area contributed by atoms with Gasteiger partial charge in [0.05, 0.1) is 0 Å². The Morgan fingerprint density at radius 1 is 1.34 bits per heavy atom. The van der Waals surface area contributed by atoms with Crippen molar-refractivity contribution in [2.75, 3.05) is 38.7 Å². The molecule has 0 fully saturated rings. The van der Waals surface area contributed by atoms with Gasteiger partial charge < -0.3 is 0 Å². The molecular weight excluding hydrogens is 545 g/mol. The zero-order chi connectivity index (χ0) is 24.9. The molecule has 0 saturated heterocycles. The Morgan fingerprint density at radius 2 is 2.17 bits per heavy atom. The van der Waals surface area contributed by atoms with E-state index < -0.39 is 6.41 Å². The monoisotopic (exact) mass is 579 g/mol. The van der Waals surface area contributed by atoms with Gasteiger partial charge in [-0.2, -0.15) is 0 Å². The molecule has 0 aliphatic carbocycles. The van der Waals surface area contributed by atoms with Crippen LogP contribution in [-0.2, 0) is 36.6 Å². The number of nitrogens with one attached hydrogen (secondary N) is 1. The quantitative estimate of drug-likeness (QED) is 0.268. The van der Waals surface area contributed by atoms with Crippen LogP contribution in [0.2, 0.25) is 0 Å². The van der Waals surface area contributed by atoms with Crippen molar-refractivity contribution in [2.24, 2.45) is 5.92 Å². The summed E-state index contributed by atoms with van der Waals surface area (Å²) in [5.74, 6) is 1.18. The first-order chi connectivity index (χ1) is 16.8. The molecule has 2 N–H and O–H groups in total. The number of anilines is 1. The van der Waals surface area contributed by atoms with Crippen molar-refractivity contribution < 1.29 is 48.9 Å². The van der Waals surface area contributed by atoms with Gasteiger partial charge in [-0.3, -0.25) is 0 Å². The number of hydrogen-bond donors (Lipinski definition) is 2. The minimum absolute atomic E-state index is 0.449. The van der Waals surface area contributed by atoms with E-state index in [0.717, 1.165) is 24.2 Å². The molecule has 8 nitrogen and oxygen atoms in total. The number of aliphatic hydroxyl groups is 1. The van der Waals surface area contributed by atoms with Gasteiger partial charge >= 0.3 is 222 Å². The molecule has 0 saturated carbocycles. The van der Waals surface area contributed by atoms with E-state index in [1.54, 1.807) is 7.11 Å². The van der Waals surface area contributed by atoms with Gasteiger partial charge in [0.15, 0.2) is 0 Å². The van der Waals surface area contributed by atoms with Crippen LogP contribution in [0.5, 0.6) is 5.75 Å². The van der Waals surface area contributed by atoms with Crippen molar-refractivity contribution in [1.82, 2.24) is 9.88 Å². The second kappa shape index (κ2) is 11.7. The number of hydrogen-bond acceptors (Lipinski definition) is 7. The van der Waals surface area contributed by atoms with Crippen LogP contribution in [0.1, 0.15) is 30.5 Å². The Labute approximate surface area is 221 Å². The van der Waals surface area contributed by atoms with E-state index in [4.69, 9.17) is 18.9 Å². The Kier molecular flexibility index (Phi) is 8.69. The van der Waals surface area contributed by atoms with Gasteiger partial charge in [-0.15, -0.1) is 0 Å². The zero-order valence-corrected chi connectivity index (χ0v) is 25.0. The molecule has 1 atom stereocenters. The molecule has 2 aromatic carbocycles. The van der Waals surface area contributed by atoms with Gasteiger partial charge in [0, 0.05) is 0 Å². The van der Waals surface area contributed by atoms with Crippen LogP contribution in [-0.4, -0.2) is 68.7 Å². The van der Waals surface area contributed by atoms with Crippen molar-refractivity contribution in [3.63, 3.8) is 0 Å². The number of rotatable bonds is 11. The number of benzene rings is 2. The number of methoxy groups -OCH3 is 1.